The van der Waals surface area contributed by atoms with Crippen molar-refractivity contribution in [3.8, 4) is 34.3 Å². The topological polar surface area (TPSA) is 42.9 Å². The van der Waals surface area contributed by atoms with Crippen molar-refractivity contribution in [2.24, 2.45) is 0 Å². The summed E-state index contributed by atoms with van der Waals surface area (Å²) in [5.74, 6) is 0. The van der Waals surface area contributed by atoms with Crippen LogP contribution in [0.4, 0.5) is 5.69 Å². The molecule has 0 saturated heterocycles. The third kappa shape index (κ3) is 4.45. The van der Waals surface area contributed by atoms with Crippen molar-refractivity contribution in [1.29, 1.82) is 5.26 Å². The lowest BCUT2D eigenvalue weighted by molar-refractivity contribution is 1.16. The predicted octanol–water partition coefficient (Wildman–Crippen LogP) is 13.1. The predicted molar refractivity (Wildman–Crippen MR) is 226 cm³/mol. The van der Waals surface area contributed by atoms with E-state index in [0.717, 1.165) is 66.4 Å². The fourth-order valence-electron chi connectivity index (χ4n) is 8.79. The zero-order valence-electron chi connectivity index (χ0n) is 29.5. The van der Waals surface area contributed by atoms with Gasteiger partial charge in [0, 0.05) is 49.3 Å². The highest BCUT2D eigenvalue weighted by Crippen LogP contribution is 2.41. The van der Waals surface area contributed by atoms with Crippen molar-refractivity contribution in [1.82, 2.24) is 13.7 Å². The minimum atomic E-state index is 0.528. The maximum absolute atomic E-state index is 10.2. The highest BCUT2D eigenvalue weighted by molar-refractivity contribution is 6.13. The number of nitrogens with zero attached hydrogens (tertiary/aromatic N) is 5. The van der Waals surface area contributed by atoms with E-state index in [-0.39, 0.29) is 0 Å². The molecule has 3 aromatic heterocycles. The largest absolute Gasteiger partial charge is 0.309 e. The Morgan fingerprint density at radius 2 is 0.982 bits per heavy atom. The molecule has 0 atom stereocenters. The van der Waals surface area contributed by atoms with Crippen LogP contribution in [0, 0.1) is 17.9 Å². The summed E-state index contributed by atoms with van der Waals surface area (Å²) in [4.78, 5) is 3.96. The molecule has 0 unspecified atom stereocenters. The van der Waals surface area contributed by atoms with Gasteiger partial charge in [0.15, 0.2) is 5.69 Å². The molecule has 11 aromatic rings. The molecule has 11 rings (SSSR count). The van der Waals surface area contributed by atoms with Crippen molar-refractivity contribution in [3.05, 3.63) is 193 Å². The van der Waals surface area contributed by atoms with E-state index in [4.69, 9.17) is 6.57 Å². The van der Waals surface area contributed by atoms with Gasteiger partial charge in [-0.2, -0.15) is 5.26 Å². The Hall–Kier alpha value is -7.86. The molecule has 5 nitrogen and oxygen atoms in total. The highest BCUT2D eigenvalue weighted by atomic mass is 15.0. The normalized spacial score (nSPS) is 11.6. The van der Waals surface area contributed by atoms with Gasteiger partial charge in [0.1, 0.15) is 6.07 Å². The molecule has 55 heavy (non-hydrogen) atoms. The average molecular weight is 700 g/mol. The minimum absolute atomic E-state index is 0.528. The molecule has 0 saturated carbocycles. The van der Waals surface area contributed by atoms with Gasteiger partial charge >= 0.3 is 0 Å². The summed E-state index contributed by atoms with van der Waals surface area (Å²) in [6.45, 7) is 8.17. The number of hydrogen-bond donors (Lipinski definition) is 0. The third-order valence-corrected chi connectivity index (χ3v) is 11.1. The molecular formula is C50H29N5. The van der Waals surface area contributed by atoms with Crippen LogP contribution in [-0.4, -0.2) is 13.7 Å². The van der Waals surface area contributed by atoms with Gasteiger partial charge in [-0.05, 0) is 78.4 Å². The summed E-state index contributed by atoms with van der Waals surface area (Å²) in [6, 6.07) is 63.7. The monoisotopic (exact) mass is 699 g/mol. The summed E-state index contributed by atoms with van der Waals surface area (Å²) in [5.41, 5.74) is 12.4. The Morgan fingerprint density at radius 1 is 0.436 bits per heavy atom. The Balaban J connectivity index is 1.15. The molecule has 3 heterocycles. The van der Waals surface area contributed by atoms with Gasteiger partial charge in [0.25, 0.3) is 0 Å². The second-order valence-electron chi connectivity index (χ2n) is 14.0. The van der Waals surface area contributed by atoms with Crippen LogP contribution in [0.15, 0.2) is 176 Å². The summed E-state index contributed by atoms with van der Waals surface area (Å²) < 4.78 is 6.86. The van der Waals surface area contributed by atoms with Crippen LogP contribution in [0.25, 0.3) is 98.5 Å². The first-order valence-electron chi connectivity index (χ1n) is 18.3. The Kier molecular flexibility index (Phi) is 6.61. The number of benzene rings is 8. The van der Waals surface area contributed by atoms with Crippen molar-refractivity contribution in [2.45, 2.75) is 0 Å². The van der Waals surface area contributed by atoms with Crippen molar-refractivity contribution in [2.75, 3.05) is 0 Å². The van der Waals surface area contributed by atoms with E-state index in [1.54, 1.807) is 0 Å². The molecule has 0 bridgehead atoms. The molecule has 0 aliphatic rings. The molecule has 8 aromatic carbocycles. The van der Waals surface area contributed by atoms with Crippen molar-refractivity contribution < 1.29 is 0 Å². The molecule has 0 aliphatic carbocycles. The van der Waals surface area contributed by atoms with Gasteiger partial charge < -0.3 is 13.7 Å². The van der Waals surface area contributed by atoms with Crippen LogP contribution in [0.2, 0.25) is 0 Å². The van der Waals surface area contributed by atoms with Crippen LogP contribution in [0.1, 0.15) is 5.56 Å². The quantitative estimate of drug-likeness (QED) is 0.169. The third-order valence-electron chi connectivity index (χ3n) is 11.1. The van der Waals surface area contributed by atoms with E-state index in [0.29, 0.717) is 11.3 Å². The number of fused-ring (bicyclic) bond motifs is 9. The number of hydrogen-bond acceptors (Lipinski definition) is 1. The first-order chi connectivity index (χ1) is 27.2. The van der Waals surface area contributed by atoms with Gasteiger partial charge in [-0.3, -0.25) is 0 Å². The van der Waals surface area contributed by atoms with Crippen LogP contribution in [0.5, 0.6) is 0 Å². The lowest BCUT2D eigenvalue weighted by atomic mass is 10.0. The molecule has 0 radical (unpaired) electrons. The molecular weight excluding hydrogens is 671 g/mol. The minimum Gasteiger partial charge on any atom is -0.309 e. The van der Waals surface area contributed by atoms with Gasteiger partial charge in [0.2, 0.25) is 0 Å². The van der Waals surface area contributed by atoms with Gasteiger partial charge in [-0.15, -0.1) is 0 Å². The second-order valence-corrected chi connectivity index (χ2v) is 14.0. The fourth-order valence-corrected chi connectivity index (χ4v) is 8.79. The first kappa shape index (κ1) is 30.7. The van der Waals surface area contributed by atoms with Crippen LogP contribution >= 0.6 is 0 Å². The number of nitriles is 1. The number of aromatic nitrogens is 3. The second kappa shape index (κ2) is 11.8. The van der Waals surface area contributed by atoms with Crippen molar-refractivity contribution in [3.63, 3.8) is 0 Å². The maximum atomic E-state index is 10.2. The lowest BCUT2D eigenvalue weighted by Crippen LogP contribution is -1.99. The van der Waals surface area contributed by atoms with Crippen LogP contribution in [-0.2, 0) is 0 Å². The van der Waals surface area contributed by atoms with Crippen LogP contribution < -0.4 is 0 Å². The van der Waals surface area contributed by atoms with E-state index < -0.39 is 0 Å². The van der Waals surface area contributed by atoms with Crippen molar-refractivity contribution >= 4 is 71.1 Å². The Morgan fingerprint density at radius 3 is 1.65 bits per heavy atom. The highest BCUT2D eigenvalue weighted by Gasteiger charge is 2.20. The SMILES string of the molecule is [C-]#[N+]c1cc(-c2ccccc2-n2c3ccccc3c3cc(-n4c5ccccc5c5ccccc54)ccc32)cc(-n2c3ccccc3c3cccc(C#N)c32)c1. The van der Waals surface area contributed by atoms with Gasteiger partial charge in [-0.25, -0.2) is 4.85 Å². The van der Waals surface area contributed by atoms with E-state index in [9.17, 15) is 5.26 Å². The van der Waals surface area contributed by atoms with Gasteiger partial charge in [-0.1, -0.05) is 103 Å². The molecule has 254 valence electrons. The fraction of sp³-hybridized carbons (Fsp3) is 0. The zero-order chi connectivity index (χ0) is 36.6. The maximum Gasteiger partial charge on any atom is 0.189 e. The van der Waals surface area contributed by atoms with E-state index in [1.807, 2.05) is 36.4 Å². The van der Waals surface area contributed by atoms with E-state index >= 15 is 0 Å². The van der Waals surface area contributed by atoms with Gasteiger partial charge in [0.05, 0.1) is 50.9 Å². The van der Waals surface area contributed by atoms with Crippen LogP contribution in [0.3, 0.4) is 0 Å². The molecule has 0 amide bonds. The Labute approximate surface area is 316 Å². The molecule has 5 heteroatoms. The number of rotatable bonds is 4. The summed E-state index contributed by atoms with van der Waals surface area (Å²) in [7, 11) is 0. The summed E-state index contributed by atoms with van der Waals surface area (Å²) in [5, 5.41) is 17.1. The smallest absolute Gasteiger partial charge is 0.189 e. The summed E-state index contributed by atoms with van der Waals surface area (Å²) >= 11 is 0. The molecule has 0 fully saturated rings. The molecule has 0 spiro atoms. The zero-order valence-corrected chi connectivity index (χ0v) is 29.5. The standard InChI is InChI=1S/C50H29N5/c1-52-34-27-33(28-36(29-34)54-47-23-10-5-17-40(47)42-19-12-13-32(31-51)50(42)54)37-14-2-7-20-44(37)55-48-24-11-6-18-41(48)43-30-35(25-26-49(43)55)53-45-21-8-3-15-38(45)39-16-4-9-22-46(39)53/h2-30H. The van der Waals surface area contributed by atoms with E-state index in [1.165, 1.54) is 27.2 Å². The number of para-hydroxylation sites is 6. The lowest BCUT2D eigenvalue weighted by Gasteiger charge is -2.17. The van der Waals surface area contributed by atoms with E-state index in [2.05, 4.69) is 164 Å². The molecule has 0 N–H and O–H groups in total. The molecule has 0 aliphatic heterocycles. The Bertz CT molecular complexity index is 3420. The first-order valence-corrected chi connectivity index (χ1v) is 18.3. The summed E-state index contributed by atoms with van der Waals surface area (Å²) in [6.07, 6.45) is 0. The average Bonchev–Trinajstić information content (AvgIpc) is 3.89.